The Morgan fingerprint density at radius 1 is 1.42 bits per heavy atom. The van der Waals surface area contributed by atoms with Gasteiger partial charge in [-0.15, -0.1) is 0 Å². The van der Waals surface area contributed by atoms with E-state index < -0.39 is 11.4 Å². The third kappa shape index (κ3) is 2.42. The van der Waals surface area contributed by atoms with Crippen molar-refractivity contribution in [2.45, 2.75) is 13.0 Å². The number of nitrogens with zero attached hydrogens (tertiary/aromatic N) is 1. The number of pyridine rings is 1. The van der Waals surface area contributed by atoms with Crippen LogP contribution in [0.2, 0.25) is 0 Å². The molecule has 4 rings (SSSR count). The van der Waals surface area contributed by atoms with Gasteiger partial charge in [0.05, 0.1) is 6.61 Å². The second-order valence-corrected chi connectivity index (χ2v) is 6.88. The van der Waals surface area contributed by atoms with Gasteiger partial charge in [0.2, 0.25) is 0 Å². The lowest BCUT2D eigenvalue weighted by atomic mass is 9.76. The molecule has 0 amide bonds. The van der Waals surface area contributed by atoms with E-state index in [1.165, 1.54) is 0 Å². The molecule has 0 saturated carbocycles. The molecule has 2 N–H and O–H groups in total. The number of carboxylic acid groups (broad SMARTS) is 1. The average Bonchev–Trinajstić information content (AvgIpc) is 2.95. The van der Waals surface area contributed by atoms with Crippen molar-refractivity contribution in [3.8, 4) is 0 Å². The lowest BCUT2D eigenvalue weighted by molar-refractivity contribution is -0.159. The highest BCUT2D eigenvalue weighted by Crippen LogP contribution is 2.42. The second-order valence-electron chi connectivity index (χ2n) is 6.88. The van der Waals surface area contributed by atoms with Crippen LogP contribution in [0.5, 0.6) is 0 Å². The van der Waals surface area contributed by atoms with Crippen molar-refractivity contribution >= 4 is 16.9 Å². The fraction of sp³-hybridized carbons (Fsp3) is 0.444. The quantitative estimate of drug-likeness (QED) is 0.891. The summed E-state index contributed by atoms with van der Waals surface area (Å²) in [5.74, 6) is -0.703. The number of ether oxygens (including phenoxy) is 1. The summed E-state index contributed by atoms with van der Waals surface area (Å²) in [5, 5.41) is 10.7. The van der Waals surface area contributed by atoms with E-state index >= 15 is 0 Å². The zero-order chi connectivity index (χ0) is 16.7. The molecular formula is C18H20N2O4. The number of aliphatic carboxylic acids is 1. The first kappa shape index (κ1) is 15.4. The summed E-state index contributed by atoms with van der Waals surface area (Å²) < 4.78 is 5.45. The molecule has 0 spiro atoms. The van der Waals surface area contributed by atoms with Crippen LogP contribution in [-0.2, 0) is 16.1 Å². The molecule has 126 valence electrons. The van der Waals surface area contributed by atoms with E-state index in [0.29, 0.717) is 31.8 Å². The highest BCUT2D eigenvalue weighted by atomic mass is 16.5. The molecular weight excluding hydrogens is 308 g/mol. The van der Waals surface area contributed by atoms with Gasteiger partial charge in [-0.3, -0.25) is 14.5 Å². The number of fused-ring (bicyclic) bond motifs is 2. The molecule has 2 atom stereocenters. The molecule has 2 aliphatic heterocycles. The Morgan fingerprint density at radius 3 is 3.04 bits per heavy atom. The van der Waals surface area contributed by atoms with Crippen molar-refractivity contribution in [2.75, 3.05) is 26.3 Å². The van der Waals surface area contributed by atoms with Crippen LogP contribution in [0.3, 0.4) is 0 Å². The lowest BCUT2D eigenvalue weighted by Gasteiger charge is -2.34. The summed E-state index contributed by atoms with van der Waals surface area (Å²) in [4.78, 5) is 29.1. The predicted molar refractivity (Wildman–Crippen MR) is 88.8 cm³/mol. The topological polar surface area (TPSA) is 82.6 Å². The molecule has 0 aliphatic carbocycles. The first-order valence-corrected chi connectivity index (χ1v) is 8.23. The first-order chi connectivity index (χ1) is 11.6. The lowest BCUT2D eigenvalue weighted by Crippen LogP contribution is -2.46. The number of para-hydroxylation sites is 1. The number of nitrogens with one attached hydrogen (secondary N) is 1. The zero-order valence-electron chi connectivity index (χ0n) is 13.3. The third-order valence-corrected chi connectivity index (χ3v) is 5.39. The van der Waals surface area contributed by atoms with Gasteiger partial charge in [-0.25, -0.2) is 0 Å². The number of likely N-dealkylation sites (tertiary alicyclic amines) is 1. The number of aromatic amines is 1. The Bertz CT molecular complexity index is 846. The van der Waals surface area contributed by atoms with Gasteiger partial charge >= 0.3 is 5.97 Å². The maximum atomic E-state index is 12.3. The number of carbonyl (C=O) groups is 1. The predicted octanol–water partition coefficient (Wildman–Crippen LogP) is 1.45. The van der Waals surface area contributed by atoms with Crippen LogP contribution in [0.4, 0.5) is 0 Å². The molecule has 0 radical (unpaired) electrons. The average molecular weight is 328 g/mol. The number of aromatic nitrogens is 1. The number of rotatable bonds is 3. The molecule has 6 heteroatoms. The van der Waals surface area contributed by atoms with Crippen LogP contribution in [0.1, 0.15) is 12.0 Å². The largest absolute Gasteiger partial charge is 0.481 e. The molecule has 0 bridgehead atoms. The summed E-state index contributed by atoms with van der Waals surface area (Å²) in [5.41, 5.74) is 0.553. The Kier molecular flexibility index (Phi) is 3.66. The van der Waals surface area contributed by atoms with E-state index in [0.717, 1.165) is 17.3 Å². The monoisotopic (exact) mass is 328 g/mol. The third-order valence-electron chi connectivity index (χ3n) is 5.39. The summed E-state index contributed by atoms with van der Waals surface area (Å²) in [6.07, 6.45) is 0.761. The van der Waals surface area contributed by atoms with E-state index in [4.69, 9.17) is 4.74 Å². The van der Waals surface area contributed by atoms with Gasteiger partial charge in [0.25, 0.3) is 5.56 Å². The van der Waals surface area contributed by atoms with E-state index in [-0.39, 0.29) is 18.1 Å². The minimum atomic E-state index is -0.831. The van der Waals surface area contributed by atoms with Crippen molar-refractivity contribution in [1.82, 2.24) is 9.88 Å². The number of hydrogen-bond acceptors (Lipinski definition) is 4. The summed E-state index contributed by atoms with van der Waals surface area (Å²) in [7, 11) is 0. The van der Waals surface area contributed by atoms with Crippen LogP contribution in [0.15, 0.2) is 35.1 Å². The van der Waals surface area contributed by atoms with Gasteiger partial charge in [0.15, 0.2) is 0 Å². The molecule has 1 aromatic carbocycles. The highest BCUT2D eigenvalue weighted by Gasteiger charge is 2.54. The number of benzene rings is 1. The fourth-order valence-electron chi connectivity index (χ4n) is 4.07. The van der Waals surface area contributed by atoms with Crippen LogP contribution < -0.4 is 5.56 Å². The van der Waals surface area contributed by atoms with E-state index in [9.17, 15) is 14.7 Å². The number of carboxylic acids is 1. The molecule has 2 saturated heterocycles. The van der Waals surface area contributed by atoms with Crippen molar-refractivity contribution in [3.63, 3.8) is 0 Å². The van der Waals surface area contributed by atoms with E-state index in [1.54, 1.807) is 0 Å². The molecule has 24 heavy (non-hydrogen) atoms. The maximum absolute atomic E-state index is 12.3. The number of hydrogen-bond donors (Lipinski definition) is 2. The Hall–Kier alpha value is -2.18. The maximum Gasteiger partial charge on any atom is 0.313 e. The van der Waals surface area contributed by atoms with Crippen LogP contribution in [0.25, 0.3) is 10.9 Å². The summed E-state index contributed by atoms with van der Waals surface area (Å²) >= 11 is 0. The first-order valence-electron chi connectivity index (χ1n) is 8.23. The summed E-state index contributed by atoms with van der Waals surface area (Å²) in [6.45, 7) is 2.47. The standard InChI is InChI=1S/C18H20N2O4/c21-16-13(7-12-3-1-2-4-15(12)19-16)8-20-9-14-5-6-24-11-18(14,10-20)17(22)23/h1-4,7,14H,5-6,8-11H2,(H,19,21)(H,22,23)/t14-,18+/m0/s1. The van der Waals surface area contributed by atoms with Crippen molar-refractivity contribution in [2.24, 2.45) is 11.3 Å². The van der Waals surface area contributed by atoms with Crippen LogP contribution in [-0.4, -0.2) is 47.3 Å². The van der Waals surface area contributed by atoms with Crippen molar-refractivity contribution in [3.05, 3.63) is 46.2 Å². The van der Waals surface area contributed by atoms with Gasteiger partial charge < -0.3 is 14.8 Å². The fourth-order valence-corrected chi connectivity index (χ4v) is 4.07. The molecule has 0 unspecified atom stereocenters. The minimum Gasteiger partial charge on any atom is -0.481 e. The molecule has 3 heterocycles. The number of H-pyrrole nitrogens is 1. The normalized spacial score (nSPS) is 27.2. The molecule has 1 aromatic heterocycles. The Labute approximate surface area is 139 Å². The smallest absolute Gasteiger partial charge is 0.313 e. The van der Waals surface area contributed by atoms with Gasteiger partial charge in [-0.1, -0.05) is 18.2 Å². The van der Waals surface area contributed by atoms with Gasteiger partial charge in [0, 0.05) is 37.3 Å². The van der Waals surface area contributed by atoms with E-state index in [2.05, 4.69) is 9.88 Å². The second kappa shape index (κ2) is 5.72. The summed E-state index contributed by atoms with van der Waals surface area (Å²) in [6, 6.07) is 9.57. The molecule has 2 fully saturated rings. The van der Waals surface area contributed by atoms with Gasteiger partial charge in [-0.2, -0.15) is 0 Å². The highest BCUT2D eigenvalue weighted by molar-refractivity contribution is 5.78. The molecule has 2 aromatic rings. The van der Waals surface area contributed by atoms with Crippen LogP contribution >= 0.6 is 0 Å². The molecule has 2 aliphatic rings. The van der Waals surface area contributed by atoms with Crippen molar-refractivity contribution < 1.29 is 14.6 Å². The minimum absolute atomic E-state index is 0.0864. The Balaban J connectivity index is 1.61. The molecule has 6 nitrogen and oxygen atoms in total. The Morgan fingerprint density at radius 2 is 2.25 bits per heavy atom. The zero-order valence-corrected chi connectivity index (χ0v) is 13.3. The van der Waals surface area contributed by atoms with Crippen molar-refractivity contribution in [1.29, 1.82) is 0 Å². The van der Waals surface area contributed by atoms with Crippen LogP contribution in [0, 0.1) is 11.3 Å². The van der Waals surface area contributed by atoms with E-state index in [1.807, 2.05) is 30.3 Å². The van der Waals surface area contributed by atoms with Gasteiger partial charge in [-0.05, 0) is 29.9 Å². The SMILES string of the molecule is O=C(O)[C@]12COCC[C@H]1CN(Cc1cc3ccccc3[nH]c1=O)C2. The van der Waals surface area contributed by atoms with Gasteiger partial charge in [0.1, 0.15) is 5.41 Å².